The maximum Gasteiger partial charge on any atom is 0.173 e. The van der Waals surface area contributed by atoms with Gasteiger partial charge in [-0.2, -0.15) is 0 Å². The molecule has 0 amide bonds. The fourth-order valence-electron chi connectivity index (χ4n) is 5.38. The van der Waals surface area contributed by atoms with Crippen LogP contribution in [0.1, 0.15) is 62.3 Å². The van der Waals surface area contributed by atoms with Crippen LogP contribution in [-0.4, -0.2) is 74.5 Å². The molecule has 6 nitrogen and oxygen atoms in total. The molecule has 0 radical (unpaired) electrons. The molecule has 0 aliphatic carbocycles. The molecule has 0 saturated carbocycles. The van der Waals surface area contributed by atoms with Crippen molar-refractivity contribution in [3.8, 4) is 0 Å². The molecule has 1 unspecified atom stereocenters. The van der Waals surface area contributed by atoms with Gasteiger partial charge in [-0.25, -0.2) is 0 Å². The van der Waals surface area contributed by atoms with Gasteiger partial charge in [-0.15, -0.1) is 0 Å². The summed E-state index contributed by atoms with van der Waals surface area (Å²) < 4.78 is 0. The van der Waals surface area contributed by atoms with E-state index in [0.29, 0.717) is 53.6 Å². The van der Waals surface area contributed by atoms with Crippen LogP contribution in [0.5, 0.6) is 0 Å². The van der Waals surface area contributed by atoms with E-state index >= 15 is 0 Å². The van der Waals surface area contributed by atoms with Crippen molar-refractivity contribution in [2.75, 3.05) is 38.0 Å². The Labute approximate surface area is 248 Å². The van der Waals surface area contributed by atoms with Crippen LogP contribution < -0.4 is 5.32 Å². The number of β-amino-alcohol motifs (C(OH)–C–C–N with tert-alkyl or cyclic N) is 1. The summed E-state index contributed by atoms with van der Waals surface area (Å²) in [6.07, 6.45) is 10.2. The number of aromatic amines is 1. The third-order valence-corrected chi connectivity index (χ3v) is 8.46. The number of aliphatic hydroxyl groups excluding tert-OH is 1. The number of benzene rings is 1. The van der Waals surface area contributed by atoms with Crippen LogP contribution in [0, 0.1) is 6.92 Å². The summed E-state index contributed by atoms with van der Waals surface area (Å²) in [7, 11) is 0. The molecule has 2 aliphatic rings. The SMILES string of the molecule is C=C/C=C\c1c(C2CCN(CC(O)C3(O)CCN(C(=S)Nc4cc(Cl)cc(Cl)c4)CC3)CC2)c[nH]c1C.CC. The van der Waals surface area contributed by atoms with E-state index in [0.717, 1.165) is 31.6 Å². The van der Waals surface area contributed by atoms with E-state index in [1.807, 2.05) is 24.8 Å². The minimum absolute atomic E-state index is 0.449. The highest BCUT2D eigenvalue weighted by atomic mass is 35.5. The quantitative estimate of drug-likeness (QED) is 0.214. The molecule has 1 aromatic heterocycles. The van der Waals surface area contributed by atoms with Crippen molar-refractivity contribution in [2.24, 2.45) is 0 Å². The highest BCUT2D eigenvalue weighted by Crippen LogP contribution is 2.34. The second kappa shape index (κ2) is 14.7. The lowest BCUT2D eigenvalue weighted by molar-refractivity contribution is -0.112. The van der Waals surface area contributed by atoms with E-state index in [9.17, 15) is 10.2 Å². The average molecular weight is 594 g/mol. The van der Waals surface area contributed by atoms with E-state index in [2.05, 4.69) is 41.0 Å². The zero-order chi connectivity index (χ0) is 28.6. The Morgan fingerprint density at radius 1 is 1.18 bits per heavy atom. The number of aromatic nitrogens is 1. The number of rotatable bonds is 7. The maximum atomic E-state index is 11.3. The van der Waals surface area contributed by atoms with Crippen LogP contribution in [0.2, 0.25) is 10.0 Å². The summed E-state index contributed by atoms with van der Waals surface area (Å²) in [5.74, 6) is 0.483. The maximum absolute atomic E-state index is 11.3. The van der Waals surface area contributed by atoms with Gasteiger partial charge in [-0.05, 0) is 93.2 Å². The predicted molar refractivity (Wildman–Crippen MR) is 169 cm³/mol. The summed E-state index contributed by atoms with van der Waals surface area (Å²) in [5, 5.41) is 27.1. The summed E-state index contributed by atoms with van der Waals surface area (Å²) in [6, 6.07) is 5.20. The highest BCUT2D eigenvalue weighted by Gasteiger charge is 2.40. The van der Waals surface area contributed by atoms with Crippen molar-refractivity contribution in [2.45, 2.75) is 64.1 Å². The van der Waals surface area contributed by atoms with Crippen molar-refractivity contribution in [3.05, 3.63) is 70.0 Å². The van der Waals surface area contributed by atoms with Gasteiger partial charge in [-0.3, -0.25) is 0 Å². The second-order valence-corrected chi connectivity index (χ2v) is 11.4. The molecule has 4 N–H and O–H groups in total. The number of hydrogen-bond acceptors (Lipinski definition) is 4. The van der Waals surface area contributed by atoms with Gasteiger partial charge in [0.05, 0.1) is 11.7 Å². The van der Waals surface area contributed by atoms with Crippen LogP contribution in [0.4, 0.5) is 5.69 Å². The minimum atomic E-state index is -1.12. The number of likely N-dealkylation sites (tertiary alicyclic amines) is 2. The van der Waals surface area contributed by atoms with Crippen molar-refractivity contribution >= 4 is 52.3 Å². The molecule has 2 fully saturated rings. The van der Waals surface area contributed by atoms with E-state index in [4.69, 9.17) is 35.4 Å². The predicted octanol–water partition coefficient (Wildman–Crippen LogP) is 6.62. The zero-order valence-corrected chi connectivity index (χ0v) is 25.5. The second-order valence-electron chi connectivity index (χ2n) is 10.1. The number of hydrogen-bond donors (Lipinski definition) is 4. The first kappa shape index (κ1) is 31.7. The fourth-order valence-corrected chi connectivity index (χ4v) is 6.21. The van der Waals surface area contributed by atoms with Crippen LogP contribution in [-0.2, 0) is 0 Å². The van der Waals surface area contributed by atoms with Gasteiger partial charge >= 0.3 is 0 Å². The number of thiocarbonyl (C=S) groups is 1. The van der Waals surface area contributed by atoms with Gasteiger partial charge in [0.1, 0.15) is 0 Å². The van der Waals surface area contributed by atoms with Crippen LogP contribution >= 0.6 is 35.4 Å². The molecule has 214 valence electrons. The molecule has 2 saturated heterocycles. The van der Waals surface area contributed by atoms with E-state index < -0.39 is 11.7 Å². The minimum Gasteiger partial charge on any atom is -0.389 e. The molecule has 9 heteroatoms. The lowest BCUT2D eigenvalue weighted by Gasteiger charge is -2.43. The number of halogens is 2. The molecular formula is C30H42Cl2N4O2S. The Kier molecular flexibility index (Phi) is 11.9. The topological polar surface area (TPSA) is 74.8 Å². The molecule has 2 aromatic rings. The molecule has 3 heterocycles. The monoisotopic (exact) mass is 592 g/mol. The third kappa shape index (κ3) is 8.32. The van der Waals surface area contributed by atoms with E-state index in [1.54, 1.807) is 24.3 Å². The Balaban J connectivity index is 0.00000205. The number of allylic oxidation sites excluding steroid dienone is 2. The van der Waals surface area contributed by atoms with Gasteiger partial charge in [0.15, 0.2) is 5.11 Å². The molecule has 39 heavy (non-hydrogen) atoms. The van der Waals surface area contributed by atoms with Gasteiger partial charge in [-0.1, -0.05) is 61.9 Å². The molecular weight excluding hydrogens is 551 g/mol. The lowest BCUT2D eigenvalue weighted by atomic mass is 9.84. The summed E-state index contributed by atoms with van der Waals surface area (Å²) in [4.78, 5) is 7.65. The van der Waals surface area contributed by atoms with Crippen LogP contribution in [0.25, 0.3) is 6.08 Å². The first-order valence-electron chi connectivity index (χ1n) is 13.8. The number of piperidine rings is 2. The number of aliphatic hydroxyl groups is 2. The smallest absolute Gasteiger partial charge is 0.173 e. The van der Waals surface area contributed by atoms with Crippen molar-refractivity contribution < 1.29 is 10.2 Å². The molecule has 4 rings (SSSR count). The largest absolute Gasteiger partial charge is 0.389 e. The Morgan fingerprint density at radius 3 is 2.38 bits per heavy atom. The molecule has 1 aromatic carbocycles. The van der Waals surface area contributed by atoms with E-state index in [1.165, 1.54) is 16.8 Å². The summed E-state index contributed by atoms with van der Waals surface area (Å²) in [6.45, 7) is 13.3. The fraction of sp³-hybridized carbons (Fsp3) is 0.500. The van der Waals surface area contributed by atoms with E-state index in [-0.39, 0.29) is 0 Å². The highest BCUT2D eigenvalue weighted by molar-refractivity contribution is 7.80. The van der Waals surface area contributed by atoms with Gasteiger partial charge in [0, 0.05) is 47.3 Å². The molecule has 2 aliphatic heterocycles. The van der Waals surface area contributed by atoms with Gasteiger partial charge in [0.2, 0.25) is 0 Å². The van der Waals surface area contributed by atoms with Gasteiger partial charge in [0.25, 0.3) is 0 Å². The Hall–Kier alpha value is -1.87. The van der Waals surface area contributed by atoms with Crippen LogP contribution in [0.15, 0.2) is 43.1 Å². The average Bonchev–Trinajstić information content (AvgIpc) is 3.28. The van der Waals surface area contributed by atoms with Crippen molar-refractivity contribution in [1.29, 1.82) is 0 Å². The third-order valence-electron chi connectivity index (χ3n) is 7.67. The number of H-pyrrole nitrogens is 1. The number of nitrogens with zero attached hydrogens (tertiary/aromatic N) is 2. The number of anilines is 1. The summed E-state index contributed by atoms with van der Waals surface area (Å²) >= 11 is 17.7. The Bertz CT molecular complexity index is 1120. The number of aryl methyl sites for hydroxylation is 1. The summed E-state index contributed by atoms with van der Waals surface area (Å²) in [5.41, 5.74) is 3.38. The molecule has 0 bridgehead atoms. The van der Waals surface area contributed by atoms with Crippen molar-refractivity contribution in [3.63, 3.8) is 0 Å². The zero-order valence-electron chi connectivity index (χ0n) is 23.2. The van der Waals surface area contributed by atoms with Crippen LogP contribution in [0.3, 0.4) is 0 Å². The van der Waals surface area contributed by atoms with Crippen molar-refractivity contribution in [1.82, 2.24) is 14.8 Å². The molecule has 1 atom stereocenters. The van der Waals surface area contributed by atoms with Gasteiger partial charge < -0.3 is 30.3 Å². The standard InChI is InChI=1S/C28H36Cl2N4O2S.C2H6/c1-3-4-5-24-19(2)31-17-25(24)20-6-10-33(11-7-20)18-26(35)28(36)8-12-34(13-9-28)27(37)32-23-15-21(29)14-22(30)16-23;1-2/h3-5,14-17,20,26,31,35-36H,1,6-13,18H2,2H3,(H,32,37);1-2H3/b5-4-;. The Morgan fingerprint density at radius 2 is 1.79 bits per heavy atom. The lowest BCUT2D eigenvalue weighted by Crippen LogP contribution is -2.56. The molecule has 0 spiro atoms. The first-order chi connectivity index (χ1) is 18.7. The normalized spacial score (nSPS) is 18.9. The first-order valence-corrected chi connectivity index (χ1v) is 15.0. The number of nitrogens with one attached hydrogen (secondary N) is 2.